The van der Waals surface area contributed by atoms with Gasteiger partial charge in [-0.2, -0.15) is 0 Å². The van der Waals surface area contributed by atoms with Gasteiger partial charge in [0.1, 0.15) is 18.4 Å². The van der Waals surface area contributed by atoms with Crippen molar-refractivity contribution in [2.24, 2.45) is 17.3 Å². The maximum Gasteiger partial charge on any atom is 0.137 e. The van der Waals surface area contributed by atoms with Gasteiger partial charge in [-0.25, -0.2) is 0 Å². The van der Waals surface area contributed by atoms with Crippen LogP contribution in [0.1, 0.15) is 38.5 Å². The van der Waals surface area contributed by atoms with Gasteiger partial charge in [-0.15, -0.1) is 0 Å². The number of hydrogen-bond acceptors (Lipinski definition) is 3. The lowest BCUT2D eigenvalue weighted by Gasteiger charge is -2.40. The number of hydrogen-bond donors (Lipinski definition) is 0. The molecule has 0 spiro atoms. The van der Waals surface area contributed by atoms with E-state index in [1.54, 1.807) is 0 Å². The van der Waals surface area contributed by atoms with Crippen molar-refractivity contribution in [3.63, 3.8) is 0 Å². The topological polar surface area (TPSA) is 51.2 Å². The third-order valence-corrected chi connectivity index (χ3v) is 4.18. The summed E-state index contributed by atoms with van der Waals surface area (Å²) in [4.78, 5) is 33.4. The van der Waals surface area contributed by atoms with Crippen molar-refractivity contribution in [1.29, 1.82) is 0 Å². The molecule has 0 amide bonds. The Labute approximate surface area is 89.2 Å². The molecule has 0 heterocycles. The minimum Gasteiger partial charge on any atom is -0.303 e. The first kappa shape index (κ1) is 10.5. The molecule has 3 nitrogen and oxygen atoms in total. The van der Waals surface area contributed by atoms with Gasteiger partial charge in [0.05, 0.1) is 0 Å². The molecule has 2 aliphatic carbocycles. The second-order valence-electron chi connectivity index (χ2n) is 4.87. The van der Waals surface area contributed by atoms with Gasteiger partial charge in [0.2, 0.25) is 0 Å². The van der Waals surface area contributed by atoms with Crippen LogP contribution in [0.5, 0.6) is 0 Å². The van der Waals surface area contributed by atoms with E-state index in [0.29, 0.717) is 12.8 Å². The summed E-state index contributed by atoms with van der Waals surface area (Å²) >= 11 is 0. The number of aldehydes is 2. The molecule has 0 aromatic carbocycles. The van der Waals surface area contributed by atoms with E-state index in [-0.39, 0.29) is 23.0 Å². The molecule has 82 valence electrons. The van der Waals surface area contributed by atoms with Gasteiger partial charge in [-0.3, -0.25) is 4.79 Å². The van der Waals surface area contributed by atoms with Gasteiger partial charge < -0.3 is 9.59 Å². The molecule has 2 saturated carbocycles. The summed E-state index contributed by atoms with van der Waals surface area (Å²) in [5.41, 5.74) is -0.164. The minimum atomic E-state index is -0.164. The van der Waals surface area contributed by atoms with Crippen LogP contribution in [0.25, 0.3) is 0 Å². The van der Waals surface area contributed by atoms with Gasteiger partial charge in [0.15, 0.2) is 0 Å². The molecule has 0 N–H and O–H groups in total. The largest absolute Gasteiger partial charge is 0.303 e. The Bertz CT molecular complexity index is 297. The van der Waals surface area contributed by atoms with Crippen molar-refractivity contribution in [2.75, 3.05) is 0 Å². The molecule has 3 atom stereocenters. The van der Waals surface area contributed by atoms with Crippen LogP contribution in [0.15, 0.2) is 0 Å². The van der Waals surface area contributed by atoms with E-state index in [9.17, 15) is 14.4 Å². The number of rotatable bonds is 3. The van der Waals surface area contributed by atoms with Crippen molar-refractivity contribution in [1.82, 2.24) is 0 Å². The van der Waals surface area contributed by atoms with Crippen LogP contribution in [0, 0.1) is 17.3 Å². The van der Waals surface area contributed by atoms with Crippen LogP contribution in [0.2, 0.25) is 0 Å². The molecule has 3 heteroatoms. The summed E-state index contributed by atoms with van der Waals surface area (Å²) < 4.78 is 0. The first-order valence-corrected chi connectivity index (χ1v) is 5.65. The quantitative estimate of drug-likeness (QED) is 0.661. The van der Waals surface area contributed by atoms with Crippen molar-refractivity contribution < 1.29 is 14.4 Å². The first-order valence-electron chi connectivity index (χ1n) is 5.65. The predicted octanol–water partition coefficient (Wildman–Crippen LogP) is 1.54. The molecular weight excluding hydrogens is 192 g/mol. The standard InChI is InChI=1S/C12H16O3/c13-7-6-12-4-1-2-9(8-14)11(12)10(15)3-5-12/h7-9,11H,1-6H2. The molecule has 0 bridgehead atoms. The Morgan fingerprint density at radius 2 is 2.13 bits per heavy atom. The van der Waals surface area contributed by atoms with E-state index in [4.69, 9.17) is 0 Å². The lowest BCUT2D eigenvalue weighted by atomic mass is 9.62. The van der Waals surface area contributed by atoms with Gasteiger partial charge in [-0.05, 0) is 24.7 Å². The van der Waals surface area contributed by atoms with E-state index >= 15 is 0 Å². The number of ketones is 1. The molecule has 0 aromatic rings. The summed E-state index contributed by atoms with van der Waals surface area (Å²) in [6.07, 6.45) is 6.38. The number of Topliss-reactive ketones (excluding diaryl/α,β-unsaturated/α-hetero) is 1. The van der Waals surface area contributed by atoms with E-state index in [1.165, 1.54) is 0 Å². The average molecular weight is 208 g/mol. The van der Waals surface area contributed by atoms with Crippen LogP contribution in [-0.4, -0.2) is 18.4 Å². The zero-order valence-electron chi connectivity index (χ0n) is 8.78. The SMILES string of the molecule is O=CCC12CCCC(C=O)C1C(=O)CC2. The highest BCUT2D eigenvalue weighted by Gasteiger charge is 2.52. The third-order valence-electron chi connectivity index (χ3n) is 4.18. The van der Waals surface area contributed by atoms with Crippen LogP contribution in [0.4, 0.5) is 0 Å². The molecular formula is C12H16O3. The lowest BCUT2D eigenvalue weighted by Crippen LogP contribution is -2.39. The van der Waals surface area contributed by atoms with Crippen molar-refractivity contribution in [3.05, 3.63) is 0 Å². The smallest absolute Gasteiger partial charge is 0.137 e. The minimum absolute atomic E-state index is 0.131. The van der Waals surface area contributed by atoms with Crippen molar-refractivity contribution in [2.45, 2.75) is 38.5 Å². The van der Waals surface area contributed by atoms with Crippen molar-refractivity contribution >= 4 is 18.4 Å². The first-order chi connectivity index (χ1) is 7.23. The number of fused-ring (bicyclic) bond motifs is 1. The molecule has 15 heavy (non-hydrogen) atoms. The third kappa shape index (κ3) is 1.54. The Morgan fingerprint density at radius 3 is 2.80 bits per heavy atom. The molecule has 2 fully saturated rings. The summed E-state index contributed by atoms with van der Waals surface area (Å²) in [5, 5.41) is 0. The number of carbonyl (C=O) groups excluding carboxylic acids is 3. The predicted molar refractivity (Wildman–Crippen MR) is 54.3 cm³/mol. The van der Waals surface area contributed by atoms with Gasteiger partial charge in [-0.1, -0.05) is 6.42 Å². The fourth-order valence-corrected chi connectivity index (χ4v) is 3.50. The van der Waals surface area contributed by atoms with Crippen molar-refractivity contribution in [3.8, 4) is 0 Å². The number of carbonyl (C=O) groups is 3. The lowest BCUT2D eigenvalue weighted by molar-refractivity contribution is -0.131. The second-order valence-corrected chi connectivity index (χ2v) is 4.87. The Morgan fingerprint density at radius 1 is 1.33 bits per heavy atom. The summed E-state index contributed by atoms with van der Waals surface area (Å²) in [6, 6.07) is 0. The maximum atomic E-state index is 11.8. The second kappa shape index (κ2) is 3.87. The summed E-state index contributed by atoms with van der Waals surface area (Å²) in [5.74, 6) is -0.0868. The van der Waals surface area contributed by atoms with E-state index in [2.05, 4.69) is 0 Å². The molecule has 3 unspecified atom stereocenters. The average Bonchev–Trinajstić information content (AvgIpc) is 2.57. The zero-order chi connectivity index (χ0) is 10.9. The fraction of sp³-hybridized carbons (Fsp3) is 0.750. The highest BCUT2D eigenvalue weighted by molar-refractivity contribution is 5.87. The molecule has 2 aliphatic rings. The Hall–Kier alpha value is -0.990. The molecule has 0 saturated heterocycles. The van der Waals surface area contributed by atoms with Crippen LogP contribution in [-0.2, 0) is 14.4 Å². The normalized spacial score (nSPS) is 39.9. The van der Waals surface area contributed by atoms with E-state index in [1.807, 2.05) is 0 Å². The summed E-state index contributed by atoms with van der Waals surface area (Å²) in [6.45, 7) is 0. The highest BCUT2D eigenvalue weighted by atomic mass is 16.1. The monoisotopic (exact) mass is 208 g/mol. The molecule has 2 rings (SSSR count). The fourth-order valence-electron chi connectivity index (χ4n) is 3.50. The van der Waals surface area contributed by atoms with Gasteiger partial charge in [0.25, 0.3) is 0 Å². The van der Waals surface area contributed by atoms with E-state index < -0.39 is 0 Å². The highest BCUT2D eigenvalue weighted by Crippen LogP contribution is 2.54. The molecule has 0 aliphatic heterocycles. The molecule has 0 radical (unpaired) electrons. The Balaban J connectivity index is 2.30. The van der Waals surface area contributed by atoms with Gasteiger partial charge >= 0.3 is 0 Å². The van der Waals surface area contributed by atoms with E-state index in [0.717, 1.165) is 38.3 Å². The van der Waals surface area contributed by atoms with Crippen LogP contribution in [0.3, 0.4) is 0 Å². The Kier molecular flexibility index (Phi) is 2.72. The van der Waals surface area contributed by atoms with Crippen LogP contribution < -0.4 is 0 Å². The van der Waals surface area contributed by atoms with Crippen LogP contribution >= 0.6 is 0 Å². The maximum absolute atomic E-state index is 11.8. The van der Waals surface area contributed by atoms with Gasteiger partial charge in [0, 0.05) is 24.7 Å². The molecule has 0 aromatic heterocycles. The summed E-state index contributed by atoms with van der Waals surface area (Å²) in [7, 11) is 0. The zero-order valence-corrected chi connectivity index (χ0v) is 8.78.